The van der Waals surface area contributed by atoms with Crippen LogP contribution >= 0.6 is 0 Å². The molecular formula is C15H30N2O2. The molecule has 0 aromatic rings. The van der Waals surface area contributed by atoms with E-state index in [4.69, 9.17) is 0 Å². The number of carbonyl (C=O) groups excluding carboxylic acids is 1. The van der Waals surface area contributed by atoms with Gasteiger partial charge in [-0.1, -0.05) is 13.8 Å². The molecule has 0 aromatic carbocycles. The second kappa shape index (κ2) is 7.25. The highest BCUT2D eigenvalue weighted by Gasteiger charge is 2.28. The zero-order valence-electron chi connectivity index (χ0n) is 12.9. The topological polar surface area (TPSA) is 52.6 Å². The molecule has 19 heavy (non-hydrogen) atoms. The van der Waals surface area contributed by atoms with Crippen LogP contribution in [-0.2, 0) is 4.79 Å². The Balaban J connectivity index is 2.21. The molecule has 2 N–H and O–H groups in total. The molecule has 0 aliphatic carbocycles. The van der Waals surface area contributed by atoms with Crippen LogP contribution in [0.1, 0.15) is 53.4 Å². The van der Waals surface area contributed by atoms with Crippen molar-refractivity contribution in [2.75, 3.05) is 19.6 Å². The third-order valence-corrected chi connectivity index (χ3v) is 3.88. The average Bonchev–Trinajstić information content (AvgIpc) is 2.29. The average molecular weight is 270 g/mol. The van der Waals surface area contributed by atoms with Crippen LogP contribution in [0.3, 0.4) is 0 Å². The van der Waals surface area contributed by atoms with Gasteiger partial charge in [0.1, 0.15) is 0 Å². The van der Waals surface area contributed by atoms with Gasteiger partial charge < -0.3 is 10.4 Å². The molecule has 1 saturated heterocycles. The Labute approximate surface area is 117 Å². The third kappa shape index (κ3) is 6.92. The molecule has 0 radical (unpaired) electrons. The Bertz CT molecular complexity index is 280. The van der Waals surface area contributed by atoms with Crippen molar-refractivity contribution in [2.24, 2.45) is 5.92 Å². The lowest BCUT2D eigenvalue weighted by molar-refractivity contribution is -0.124. The second-order valence-electron chi connectivity index (χ2n) is 6.71. The Morgan fingerprint density at radius 2 is 1.84 bits per heavy atom. The highest BCUT2D eigenvalue weighted by Crippen LogP contribution is 2.20. The van der Waals surface area contributed by atoms with Gasteiger partial charge in [-0.05, 0) is 45.4 Å². The number of aliphatic hydroxyl groups is 1. The Kier molecular flexibility index (Phi) is 6.27. The Hall–Kier alpha value is -0.610. The molecule has 1 rings (SSSR count). The number of likely N-dealkylation sites (tertiary alicyclic amines) is 1. The lowest BCUT2D eigenvalue weighted by atomic mass is 9.94. The van der Waals surface area contributed by atoms with E-state index in [1.54, 1.807) is 0 Å². The zero-order chi connectivity index (χ0) is 14.5. The van der Waals surface area contributed by atoms with E-state index in [-0.39, 0.29) is 11.9 Å². The van der Waals surface area contributed by atoms with Crippen molar-refractivity contribution in [3.63, 3.8) is 0 Å². The minimum Gasteiger partial charge on any atom is -0.390 e. The van der Waals surface area contributed by atoms with Gasteiger partial charge in [0.15, 0.2) is 0 Å². The summed E-state index contributed by atoms with van der Waals surface area (Å²) in [5.74, 6) is 0.793. The van der Waals surface area contributed by atoms with Gasteiger partial charge in [-0.25, -0.2) is 0 Å². The molecule has 1 aliphatic rings. The molecule has 0 bridgehead atoms. The summed E-state index contributed by atoms with van der Waals surface area (Å²) >= 11 is 0. The zero-order valence-corrected chi connectivity index (χ0v) is 12.9. The van der Waals surface area contributed by atoms with Crippen molar-refractivity contribution in [1.82, 2.24) is 10.2 Å². The largest absolute Gasteiger partial charge is 0.390 e. The van der Waals surface area contributed by atoms with E-state index in [9.17, 15) is 9.90 Å². The number of nitrogens with zero attached hydrogens (tertiary/aromatic N) is 1. The van der Waals surface area contributed by atoms with E-state index < -0.39 is 5.60 Å². The van der Waals surface area contributed by atoms with Gasteiger partial charge in [-0.15, -0.1) is 0 Å². The number of amides is 1. The van der Waals surface area contributed by atoms with Crippen molar-refractivity contribution < 1.29 is 9.90 Å². The van der Waals surface area contributed by atoms with Crippen LogP contribution in [0, 0.1) is 5.92 Å². The molecule has 4 nitrogen and oxygen atoms in total. The summed E-state index contributed by atoms with van der Waals surface area (Å²) in [4.78, 5) is 14.0. The first kappa shape index (κ1) is 16.4. The standard InChI is InChI=1S/C15H30N2O2/c1-12(2)5-6-13(3)16-14(18)11-17-9-7-15(4,19)8-10-17/h12-13,19H,5-11H2,1-4H3,(H,16,18). The molecule has 1 heterocycles. The van der Waals surface area contributed by atoms with E-state index in [0.29, 0.717) is 12.5 Å². The summed E-state index contributed by atoms with van der Waals surface area (Å²) in [5, 5.41) is 12.9. The maximum absolute atomic E-state index is 11.9. The summed E-state index contributed by atoms with van der Waals surface area (Å²) in [6, 6.07) is 0.253. The smallest absolute Gasteiger partial charge is 0.234 e. The fourth-order valence-corrected chi connectivity index (χ4v) is 2.37. The second-order valence-corrected chi connectivity index (χ2v) is 6.71. The highest BCUT2D eigenvalue weighted by molar-refractivity contribution is 5.78. The molecule has 1 atom stereocenters. The van der Waals surface area contributed by atoms with E-state index in [2.05, 4.69) is 31.0 Å². The van der Waals surface area contributed by atoms with Gasteiger partial charge in [0, 0.05) is 19.1 Å². The molecule has 1 aliphatic heterocycles. The van der Waals surface area contributed by atoms with Gasteiger partial charge in [-0.3, -0.25) is 9.69 Å². The van der Waals surface area contributed by atoms with Crippen LogP contribution in [0.2, 0.25) is 0 Å². The van der Waals surface area contributed by atoms with E-state index in [1.165, 1.54) is 0 Å². The number of nitrogens with one attached hydrogen (secondary N) is 1. The number of piperidine rings is 1. The molecule has 1 fully saturated rings. The van der Waals surface area contributed by atoms with Gasteiger partial charge in [-0.2, -0.15) is 0 Å². The molecule has 1 unspecified atom stereocenters. The van der Waals surface area contributed by atoms with Gasteiger partial charge in [0.2, 0.25) is 5.91 Å². The van der Waals surface area contributed by atoms with Crippen LogP contribution in [0.25, 0.3) is 0 Å². The van der Waals surface area contributed by atoms with Gasteiger partial charge >= 0.3 is 0 Å². The molecule has 0 saturated carbocycles. The summed E-state index contributed by atoms with van der Waals surface area (Å²) in [7, 11) is 0. The van der Waals surface area contributed by atoms with Crippen molar-refractivity contribution in [1.29, 1.82) is 0 Å². The van der Waals surface area contributed by atoms with Gasteiger partial charge in [0.25, 0.3) is 0 Å². The van der Waals surface area contributed by atoms with Crippen LogP contribution in [0.15, 0.2) is 0 Å². The predicted octanol–water partition coefficient (Wildman–Crippen LogP) is 1.77. The lowest BCUT2D eigenvalue weighted by Crippen LogP contribution is -2.47. The van der Waals surface area contributed by atoms with Crippen LogP contribution < -0.4 is 5.32 Å². The molecule has 4 heteroatoms. The maximum Gasteiger partial charge on any atom is 0.234 e. The third-order valence-electron chi connectivity index (χ3n) is 3.88. The number of rotatable bonds is 6. The minimum atomic E-state index is -0.544. The van der Waals surface area contributed by atoms with Crippen molar-refractivity contribution in [3.05, 3.63) is 0 Å². The fourth-order valence-electron chi connectivity index (χ4n) is 2.37. The number of carbonyl (C=O) groups is 1. The highest BCUT2D eigenvalue weighted by atomic mass is 16.3. The summed E-state index contributed by atoms with van der Waals surface area (Å²) in [6.45, 7) is 10.4. The monoisotopic (exact) mass is 270 g/mol. The van der Waals surface area contributed by atoms with E-state index in [0.717, 1.165) is 38.8 Å². The predicted molar refractivity (Wildman–Crippen MR) is 78.0 cm³/mol. The van der Waals surface area contributed by atoms with Crippen LogP contribution in [0.5, 0.6) is 0 Å². The van der Waals surface area contributed by atoms with Crippen molar-refractivity contribution >= 4 is 5.91 Å². The van der Waals surface area contributed by atoms with Crippen molar-refractivity contribution in [3.8, 4) is 0 Å². The summed E-state index contributed by atoms with van der Waals surface area (Å²) in [5.41, 5.74) is -0.544. The first-order valence-corrected chi connectivity index (χ1v) is 7.52. The van der Waals surface area contributed by atoms with Crippen LogP contribution in [0.4, 0.5) is 0 Å². The van der Waals surface area contributed by atoms with E-state index in [1.807, 2.05) is 6.92 Å². The number of hydrogen-bond donors (Lipinski definition) is 2. The fraction of sp³-hybridized carbons (Fsp3) is 0.933. The molecule has 0 spiro atoms. The lowest BCUT2D eigenvalue weighted by Gasteiger charge is -2.35. The van der Waals surface area contributed by atoms with Gasteiger partial charge in [0.05, 0.1) is 12.1 Å². The van der Waals surface area contributed by atoms with Crippen molar-refractivity contribution in [2.45, 2.75) is 65.0 Å². The first-order chi connectivity index (χ1) is 8.78. The first-order valence-electron chi connectivity index (χ1n) is 7.52. The maximum atomic E-state index is 11.9. The quantitative estimate of drug-likeness (QED) is 0.773. The molecule has 1 amide bonds. The summed E-state index contributed by atoms with van der Waals surface area (Å²) in [6.07, 6.45) is 3.69. The molecule has 112 valence electrons. The molecular weight excluding hydrogens is 240 g/mol. The Morgan fingerprint density at radius 1 is 1.26 bits per heavy atom. The Morgan fingerprint density at radius 3 is 2.37 bits per heavy atom. The van der Waals surface area contributed by atoms with Crippen LogP contribution in [-0.4, -0.2) is 47.2 Å². The SMILES string of the molecule is CC(C)CCC(C)NC(=O)CN1CCC(C)(O)CC1. The normalized spacial score (nSPS) is 21.4. The van der Waals surface area contributed by atoms with E-state index >= 15 is 0 Å². The molecule has 0 aromatic heterocycles. The number of hydrogen-bond acceptors (Lipinski definition) is 3. The summed E-state index contributed by atoms with van der Waals surface area (Å²) < 4.78 is 0. The minimum absolute atomic E-state index is 0.109.